The van der Waals surface area contributed by atoms with Gasteiger partial charge < -0.3 is 4.74 Å². The molecule has 0 spiro atoms. The number of rotatable bonds is 4. The van der Waals surface area contributed by atoms with E-state index in [0.717, 1.165) is 27.0 Å². The maximum atomic E-state index is 5.15. The summed E-state index contributed by atoms with van der Waals surface area (Å²) >= 11 is 1.48. The maximum Gasteiger partial charge on any atom is 0.202 e. The van der Waals surface area contributed by atoms with Crippen molar-refractivity contribution in [3.63, 3.8) is 0 Å². The van der Waals surface area contributed by atoms with Gasteiger partial charge >= 0.3 is 0 Å². The minimum Gasteiger partial charge on any atom is -0.377 e. The van der Waals surface area contributed by atoms with Gasteiger partial charge in [0, 0.05) is 18.2 Å². The summed E-state index contributed by atoms with van der Waals surface area (Å²) in [5.74, 6) is 0.666. The molecule has 0 aliphatic heterocycles. The van der Waals surface area contributed by atoms with Crippen molar-refractivity contribution in [3.8, 4) is 0 Å². The highest BCUT2D eigenvalue weighted by Crippen LogP contribution is 2.29. The number of benzene rings is 1. The fraction of sp³-hybridized carbons (Fsp3) is 0.222. The Bertz CT molecular complexity index is 1080. The van der Waals surface area contributed by atoms with Crippen LogP contribution in [0, 0.1) is 13.8 Å². The lowest BCUT2D eigenvalue weighted by Crippen LogP contribution is -2.00. The molecule has 7 heteroatoms. The minimum atomic E-state index is 0.387. The Morgan fingerprint density at radius 1 is 1.08 bits per heavy atom. The van der Waals surface area contributed by atoms with Crippen molar-refractivity contribution in [2.45, 2.75) is 30.6 Å². The molecule has 1 aromatic carbocycles. The summed E-state index contributed by atoms with van der Waals surface area (Å²) in [7, 11) is 1.64. The largest absolute Gasteiger partial charge is 0.377 e. The number of hydrogen-bond donors (Lipinski definition) is 0. The van der Waals surface area contributed by atoms with Crippen molar-refractivity contribution >= 4 is 28.3 Å². The Kier molecular flexibility index (Phi) is 4.10. The van der Waals surface area contributed by atoms with Crippen LogP contribution >= 0.6 is 11.8 Å². The van der Waals surface area contributed by atoms with Crippen molar-refractivity contribution < 1.29 is 4.74 Å². The number of ether oxygens (including phenoxy) is 1. The van der Waals surface area contributed by atoms with E-state index >= 15 is 0 Å². The molecule has 0 bridgehead atoms. The molecule has 0 saturated heterocycles. The minimum absolute atomic E-state index is 0.387. The molecule has 25 heavy (non-hydrogen) atoms. The Morgan fingerprint density at radius 3 is 2.76 bits per heavy atom. The van der Waals surface area contributed by atoms with E-state index in [1.165, 1.54) is 22.7 Å². The molecule has 0 aliphatic carbocycles. The van der Waals surface area contributed by atoms with Gasteiger partial charge in [-0.2, -0.15) is 0 Å². The molecule has 126 valence electrons. The van der Waals surface area contributed by atoms with E-state index in [-0.39, 0.29) is 0 Å². The summed E-state index contributed by atoms with van der Waals surface area (Å²) in [5.41, 5.74) is 4.01. The molecule has 0 radical (unpaired) electrons. The molecule has 0 N–H and O–H groups in total. The molecular formula is C18H17N5OS. The molecule has 3 aromatic heterocycles. The zero-order valence-electron chi connectivity index (χ0n) is 14.2. The van der Waals surface area contributed by atoms with Gasteiger partial charge in [-0.05, 0) is 49.4 Å². The second kappa shape index (κ2) is 6.42. The Morgan fingerprint density at radius 2 is 1.92 bits per heavy atom. The van der Waals surface area contributed by atoms with Crippen LogP contribution in [0.5, 0.6) is 0 Å². The van der Waals surface area contributed by atoms with E-state index in [1.54, 1.807) is 7.11 Å². The maximum absolute atomic E-state index is 5.15. The summed E-state index contributed by atoms with van der Waals surface area (Å²) < 4.78 is 7.22. The number of fused-ring (bicyclic) bond motifs is 3. The molecule has 0 unspecified atom stereocenters. The van der Waals surface area contributed by atoms with Crippen molar-refractivity contribution in [2.24, 2.45) is 0 Å². The van der Waals surface area contributed by atoms with Gasteiger partial charge in [0.05, 0.1) is 5.52 Å². The van der Waals surface area contributed by atoms with E-state index in [4.69, 9.17) is 4.74 Å². The first kappa shape index (κ1) is 16.0. The van der Waals surface area contributed by atoms with E-state index in [2.05, 4.69) is 49.7 Å². The molecule has 0 fully saturated rings. The van der Waals surface area contributed by atoms with E-state index in [1.807, 2.05) is 25.1 Å². The van der Waals surface area contributed by atoms with E-state index in [9.17, 15) is 0 Å². The summed E-state index contributed by atoms with van der Waals surface area (Å²) in [4.78, 5) is 8.93. The van der Waals surface area contributed by atoms with Crippen molar-refractivity contribution in [2.75, 3.05) is 7.11 Å². The average Bonchev–Trinajstić information content (AvgIpc) is 2.97. The van der Waals surface area contributed by atoms with Gasteiger partial charge in [-0.15, -0.1) is 10.2 Å². The molecule has 6 nitrogen and oxygen atoms in total. The summed E-state index contributed by atoms with van der Waals surface area (Å²) in [6.45, 7) is 4.43. The zero-order chi connectivity index (χ0) is 17.4. The SMILES string of the molecule is COCc1nc(C)cc(Sc2nnc3cc(C)c4ccccc4n23)n1. The molecular weight excluding hydrogens is 334 g/mol. The van der Waals surface area contributed by atoms with Gasteiger partial charge in [-0.25, -0.2) is 9.97 Å². The molecule has 3 heterocycles. The Balaban J connectivity index is 1.84. The van der Waals surface area contributed by atoms with E-state index in [0.29, 0.717) is 12.4 Å². The first-order valence-electron chi connectivity index (χ1n) is 7.90. The third kappa shape index (κ3) is 2.96. The van der Waals surface area contributed by atoms with Crippen LogP contribution in [0.4, 0.5) is 0 Å². The second-order valence-electron chi connectivity index (χ2n) is 5.82. The topological polar surface area (TPSA) is 65.2 Å². The van der Waals surface area contributed by atoms with Crippen molar-refractivity contribution in [1.29, 1.82) is 0 Å². The average molecular weight is 351 g/mol. The third-order valence-electron chi connectivity index (χ3n) is 3.92. The number of nitrogens with zero attached hydrogens (tertiary/aromatic N) is 5. The normalized spacial score (nSPS) is 11.5. The van der Waals surface area contributed by atoms with Crippen LogP contribution in [0.2, 0.25) is 0 Å². The number of hydrogen-bond acceptors (Lipinski definition) is 6. The third-order valence-corrected chi connectivity index (χ3v) is 4.79. The molecule has 0 atom stereocenters. The van der Waals surface area contributed by atoms with Gasteiger partial charge in [0.1, 0.15) is 11.6 Å². The van der Waals surface area contributed by atoms with Gasteiger partial charge in [-0.3, -0.25) is 4.40 Å². The molecule has 0 aliphatic rings. The van der Waals surface area contributed by atoms with Gasteiger partial charge in [-0.1, -0.05) is 18.2 Å². The van der Waals surface area contributed by atoms with Crippen LogP contribution < -0.4 is 0 Å². The first-order chi connectivity index (χ1) is 12.2. The van der Waals surface area contributed by atoms with Crippen LogP contribution in [0.15, 0.2) is 46.6 Å². The predicted octanol–water partition coefficient (Wildman–Crippen LogP) is 3.59. The lowest BCUT2D eigenvalue weighted by Gasteiger charge is -2.08. The zero-order valence-corrected chi connectivity index (χ0v) is 15.0. The summed E-state index contributed by atoms with van der Waals surface area (Å²) in [6, 6.07) is 12.3. The number of methoxy groups -OCH3 is 1. The predicted molar refractivity (Wildman–Crippen MR) is 96.8 cm³/mol. The quantitative estimate of drug-likeness (QED) is 0.524. The number of para-hydroxylation sites is 1. The molecule has 4 rings (SSSR count). The fourth-order valence-corrected chi connectivity index (χ4v) is 3.81. The van der Waals surface area contributed by atoms with Crippen LogP contribution in [-0.4, -0.2) is 31.7 Å². The monoisotopic (exact) mass is 351 g/mol. The molecule has 4 aromatic rings. The van der Waals surface area contributed by atoms with E-state index < -0.39 is 0 Å². The lowest BCUT2D eigenvalue weighted by molar-refractivity contribution is 0.177. The molecule has 0 saturated carbocycles. The van der Waals surface area contributed by atoms with Crippen molar-refractivity contribution in [3.05, 3.63) is 53.5 Å². The number of aromatic nitrogens is 5. The van der Waals surface area contributed by atoms with Crippen LogP contribution in [0.3, 0.4) is 0 Å². The van der Waals surface area contributed by atoms with Crippen LogP contribution in [0.25, 0.3) is 16.6 Å². The number of aryl methyl sites for hydroxylation is 2. The first-order valence-corrected chi connectivity index (χ1v) is 8.72. The van der Waals surface area contributed by atoms with Crippen LogP contribution in [0.1, 0.15) is 17.1 Å². The standard InChI is InChI=1S/C18H17N5OS/c1-11-8-16-21-22-18(23(16)14-7-5-4-6-13(11)14)25-17-9-12(2)19-15(20-17)10-24-3/h4-9H,10H2,1-3H3. The number of pyridine rings is 1. The van der Waals surface area contributed by atoms with Gasteiger partial charge in [0.2, 0.25) is 5.16 Å². The van der Waals surface area contributed by atoms with Crippen LogP contribution in [-0.2, 0) is 11.3 Å². The highest BCUT2D eigenvalue weighted by Gasteiger charge is 2.13. The molecule has 0 amide bonds. The fourth-order valence-electron chi connectivity index (χ4n) is 2.88. The highest BCUT2D eigenvalue weighted by atomic mass is 32.2. The lowest BCUT2D eigenvalue weighted by atomic mass is 10.1. The van der Waals surface area contributed by atoms with Gasteiger partial charge in [0.25, 0.3) is 0 Å². The Hall–Kier alpha value is -2.51. The second-order valence-corrected chi connectivity index (χ2v) is 6.81. The summed E-state index contributed by atoms with van der Waals surface area (Å²) in [6.07, 6.45) is 0. The van der Waals surface area contributed by atoms with Crippen molar-refractivity contribution in [1.82, 2.24) is 24.6 Å². The Labute approximate surface area is 149 Å². The highest BCUT2D eigenvalue weighted by molar-refractivity contribution is 7.99. The smallest absolute Gasteiger partial charge is 0.202 e. The summed E-state index contributed by atoms with van der Waals surface area (Å²) in [5, 5.41) is 11.5. The van der Waals surface area contributed by atoms with Gasteiger partial charge in [0.15, 0.2) is 11.5 Å².